The molecule has 0 spiro atoms. The Kier molecular flexibility index (Phi) is 3.64. The fourth-order valence-electron chi connectivity index (χ4n) is 3.80. The highest BCUT2D eigenvalue weighted by molar-refractivity contribution is 6.17. The summed E-state index contributed by atoms with van der Waals surface area (Å²) in [6, 6.07) is 20.2. The van der Waals surface area contributed by atoms with Crippen LogP contribution in [0.1, 0.15) is 10.4 Å². The van der Waals surface area contributed by atoms with Crippen molar-refractivity contribution in [2.45, 2.75) is 0 Å². The normalized spacial score (nSPS) is 11.3. The number of carboxylic acids is 1. The molecule has 2 N–H and O–H groups in total. The van der Waals surface area contributed by atoms with Crippen molar-refractivity contribution in [3.8, 4) is 28.2 Å². The summed E-state index contributed by atoms with van der Waals surface area (Å²) in [6.07, 6.45) is 0. The molecule has 1 aliphatic carbocycles. The van der Waals surface area contributed by atoms with Gasteiger partial charge in [0.2, 0.25) is 0 Å². The second kappa shape index (κ2) is 6.21. The van der Waals surface area contributed by atoms with Crippen LogP contribution in [0.4, 0.5) is 0 Å². The maximum absolute atomic E-state index is 11.9. The zero-order chi connectivity index (χ0) is 20.1. The number of carboxylic acid groups (broad SMARTS) is 1. The number of hydrogen-bond donors (Lipinski definition) is 2. The number of phenolic OH excluding ortho intramolecular Hbond substituents is 1. The van der Waals surface area contributed by atoms with Crippen LogP contribution in [-0.4, -0.2) is 16.2 Å². The molecule has 0 amide bonds. The Bertz CT molecular complexity index is 1440. The minimum absolute atomic E-state index is 0.0849. The highest BCUT2D eigenvalue weighted by Crippen LogP contribution is 2.44. The Morgan fingerprint density at radius 3 is 2.31 bits per heavy atom. The first-order chi connectivity index (χ1) is 14.0. The van der Waals surface area contributed by atoms with Crippen LogP contribution < -0.4 is 5.43 Å². The molecule has 1 heterocycles. The van der Waals surface area contributed by atoms with E-state index in [2.05, 4.69) is 0 Å². The molecule has 1 aliphatic heterocycles. The minimum atomic E-state index is -0.999. The van der Waals surface area contributed by atoms with Crippen molar-refractivity contribution in [3.63, 3.8) is 0 Å². The van der Waals surface area contributed by atoms with Crippen LogP contribution in [0.2, 0.25) is 0 Å². The van der Waals surface area contributed by atoms with E-state index in [9.17, 15) is 19.8 Å². The first-order valence-electron chi connectivity index (χ1n) is 8.98. The van der Waals surface area contributed by atoms with E-state index in [0.29, 0.717) is 16.7 Å². The molecule has 3 aromatic carbocycles. The second-order valence-corrected chi connectivity index (χ2v) is 6.83. The van der Waals surface area contributed by atoms with Gasteiger partial charge in [0.25, 0.3) is 0 Å². The number of aromatic hydroxyl groups is 1. The molecule has 140 valence electrons. The molecule has 0 saturated heterocycles. The molecule has 29 heavy (non-hydrogen) atoms. The molecule has 5 heteroatoms. The Hall–Kier alpha value is -4.12. The van der Waals surface area contributed by atoms with Crippen LogP contribution in [0.15, 0.2) is 82.0 Å². The molecule has 5 nitrogen and oxygen atoms in total. The van der Waals surface area contributed by atoms with E-state index >= 15 is 0 Å². The lowest BCUT2D eigenvalue weighted by Crippen LogP contribution is -2.00. The Balaban J connectivity index is 1.99. The number of benzene rings is 4. The van der Waals surface area contributed by atoms with Gasteiger partial charge < -0.3 is 14.6 Å². The zero-order valence-corrected chi connectivity index (χ0v) is 15.0. The maximum Gasteiger partial charge on any atom is 0.335 e. The first-order valence-corrected chi connectivity index (χ1v) is 8.98. The van der Waals surface area contributed by atoms with Crippen LogP contribution in [0.5, 0.6) is 5.75 Å². The third-order valence-corrected chi connectivity index (χ3v) is 5.10. The summed E-state index contributed by atoms with van der Waals surface area (Å²) >= 11 is 0. The van der Waals surface area contributed by atoms with Crippen molar-refractivity contribution in [1.29, 1.82) is 0 Å². The van der Waals surface area contributed by atoms with E-state index in [4.69, 9.17) is 4.42 Å². The molecule has 0 atom stereocenters. The van der Waals surface area contributed by atoms with Crippen LogP contribution >= 0.6 is 0 Å². The van der Waals surface area contributed by atoms with Crippen LogP contribution in [0.25, 0.3) is 44.2 Å². The van der Waals surface area contributed by atoms with Gasteiger partial charge in [-0.05, 0) is 35.2 Å². The average molecular weight is 382 g/mol. The van der Waals surface area contributed by atoms with Crippen molar-refractivity contribution in [2.75, 3.05) is 0 Å². The van der Waals surface area contributed by atoms with Gasteiger partial charge in [0.1, 0.15) is 17.1 Å². The molecule has 0 bridgehead atoms. The number of carbonyl (C=O) groups is 1. The third-order valence-electron chi connectivity index (χ3n) is 5.10. The lowest BCUT2D eigenvalue weighted by Gasteiger charge is -2.17. The molecule has 0 radical (unpaired) electrons. The van der Waals surface area contributed by atoms with Gasteiger partial charge in [-0.3, -0.25) is 4.79 Å². The zero-order valence-electron chi connectivity index (χ0n) is 15.0. The quantitative estimate of drug-likeness (QED) is 0.327. The number of hydrogen-bond acceptors (Lipinski definition) is 4. The van der Waals surface area contributed by atoms with Crippen LogP contribution in [-0.2, 0) is 0 Å². The van der Waals surface area contributed by atoms with Crippen LogP contribution in [0.3, 0.4) is 0 Å². The predicted molar refractivity (Wildman–Crippen MR) is 111 cm³/mol. The standard InChI is InChI=1S/C24H14O5/c25-15-9-10-18-20(11-15)29-21-12-19(26)16-3-1-2-4-17(16)23(21)22(18)13-5-7-14(8-6-13)24(27)28/h1-12,26H,(H,27,28). The molecule has 2 aliphatic rings. The van der Waals surface area contributed by atoms with Crippen molar-refractivity contribution in [1.82, 2.24) is 0 Å². The van der Waals surface area contributed by atoms with E-state index in [1.165, 1.54) is 12.1 Å². The molecule has 0 unspecified atom stereocenters. The molecular weight excluding hydrogens is 368 g/mol. The third kappa shape index (κ3) is 2.63. The molecule has 0 fully saturated rings. The van der Waals surface area contributed by atoms with Crippen molar-refractivity contribution in [3.05, 3.63) is 88.6 Å². The van der Waals surface area contributed by atoms with E-state index in [0.717, 1.165) is 27.5 Å². The lowest BCUT2D eigenvalue weighted by molar-refractivity contribution is 0.0697. The molecule has 0 saturated carbocycles. The topological polar surface area (TPSA) is 87.7 Å². The largest absolute Gasteiger partial charge is 0.507 e. The Labute approximate surface area is 164 Å². The van der Waals surface area contributed by atoms with Crippen molar-refractivity contribution >= 4 is 27.7 Å². The van der Waals surface area contributed by atoms with E-state index in [-0.39, 0.29) is 16.7 Å². The number of aromatic carboxylic acids is 1. The summed E-state index contributed by atoms with van der Waals surface area (Å²) in [6.45, 7) is 0. The second-order valence-electron chi connectivity index (χ2n) is 6.83. The van der Waals surface area contributed by atoms with Gasteiger partial charge in [-0.1, -0.05) is 36.4 Å². The summed E-state index contributed by atoms with van der Waals surface area (Å²) in [5.74, 6) is -0.514. The average Bonchev–Trinajstić information content (AvgIpc) is 2.72. The van der Waals surface area contributed by atoms with E-state index < -0.39 is 5.97 Å². The van der Waals surface area contributed by atoms with Crippen molar-refractivity contribution in [2.24, 2.45) is 0 Å². The number of phenols is 1. The summed E-state index contributed by atoms with van der Waals surface area (Å²) in [5, 5.41) is 21.9. The highest BCUT2D eigenvalue weighted by Gasteiger charge is 2.20. The van der Waals surface area contributed by atoms with Gasteiger partial charge >= 0.3 is 5.97 Å². The Morgan fingerprint density at radius 1 is 0.862 bits per heavy atom. The molecule has 3 aromatic rings. The van der Waals surface area contributed by atoms with Gasteiger partial charge in [-0.15, -0.1) is 0 Å². The Morgan fingerprint density at radius 2 is 1.59 bits per heavy atom. The van der Waals surface area contributed by atoms with Gasteiger partial charge in [-0.25, -0.2) is 4.79 Å². The van der Waals surface area contributed by atoms with Crippen molar-refractivity contribution < 1.29 is 19.4 Å². The smallest absolute Gasteiger partial charge is 0.335 e. The summed E-state index contributed by atoms with van der Waals surface area (Å²) < 4.78 is 5.99. The van der Waals surface area contributed by atoms with Gasteiger partial charge in [0.15, 0.2) is 5.43 Å². The molecular formula is C24H14O5. The summed E-state index contributed by atoms with van der Waals surface area (Å²) in [4.78, 5) is 23.1. The van der Waals surface area contributed by atoms with Crippen LogP contribution in [0, 0.1) is 0 Å². The minimum Gasteiger partial charge on any atom is -0.507 e. The fourth-order valence-corrected chi connectivity index (χ4v) is 3.80. The monoisotopic (exact) mass is 382 g/mol. The van der Waals surface area contributed by atoms with Gasteiger partial charge in [-0.2, -0.15) is 0 Å². The predicted octanol–water partition coefficient (Wildman–Crippen LogP) is 5.12. The summed E-state index contributed by atoms with van der Waals surface area (Å²) in [5.41, 5.74) is 2.78. The van der Waals surface area contributed by atoms with E-state index in [1.807, 2.05) is 24.3 Å². The maximum atomic E-state index is 11.9. The van der Waals surface area contributed by atoms with Gasteiger partial charge in [0, 0.05) is 34.0 Å². The lowest BCUT2D eigenvalue weighted by atomic mass is 9.90. The molecule has 0 aromatic heterocycles. The SMILES string of the molecule is O=C(O)c1ccc(-c2c3ccc(=O)cc-3oc3cc(O)c4ccccc4c23)cc1. The first kappa shape index (κ1) is 17.0. The number of rotatable bonds is 2. The fraction of sp³-hybridized carbons (Fsp3) is 0. The molecule has 5 rings (SSSR count). The number of fused-ring (bicyclic) bond motifs is 4. The highest BCUT2D eigenvalue weighted by atomic mass is 16.4. The van der Waals surface area contributed by atoms with E-state index in [1.54, 1.807) is 36.4 Å². The summed E-state index contributed by atoms with van der Waals surface area (Å²) in [7, 11) is 0. The van der Waals surface area contributed by atoms with Gasteiger partial charge in [0.05, 0.1) is 5.56 Å².